The number of amides is 3. The van der Waals surface area contributed by atoms with Crippen LogP contribution in [0.2, 0.25) is 0 Å². The van der Waals surface area contributed by atoms with Gasteiger partial charge in [-0.1, -0.05) is 0 Å². The van der Waals surface area contributed by atoms with Gasteiger partial charge >= 0.3 is 18.3 Å². The first-order valence-corrected chi connectivity index (χ1v) is 7.57. The first-order chi connectivity index (χ1) is 10.7. The largest absolute Gasteiger partial charge is 0.465 e. The van der Waals surface area contributed by atoms with E-state index in [0.29, 0.717) is 26.2 Å². The van der Waals surface area contributed by atoms with Crippen LogP contribution < -0.4 is 0 Å². The van der Waals surface area contributed by atoms with Crippen LogP contribution in [0, 0.1) is 0 Å². The molecule has 0 saturated carbocycles. The van der Waals surface area contributed by atoms with E-state index in [1.54, 1.807) is 20.8 Å². The standard InChI is InChI=1S/C14H23N3O6/c1-14(2,3)23-13(21)17-8-10(9-17)22-12(20)16-6-4-15(5-7-16)11(18)19/h10H,4-9H2,1-3H3,(H,18,19). The zero-order chi connectivity index (χ0) is 17.2. The highest BCUT2D eigenvalue weighted by Gasteiger charge is 2.37. The predicted molar refractivity (Wildman–Crippen MR) is 79.2 cm³/mol. The third-order valence-corrected chi connectivity index (χ3v) is 3.58. The molecule has 9 nitrogen and oxygen atoms in total. The van der Waals surface area contributed by atoms with Crippen molar-refractivity contribution in [1.29, 1.82) is 0 Å². The molecule has 0 aromatic carbocycles. The Labute approximate surface area is 134 Å². The van der Waals surface area contributed by atoms with E-state index in [1.807, 2.05) is 0 Å². The number of carboxylic acid groups (broad SMARTS) is 1. The third-order valence-electron chi connectivity index (χ3n) is 3.58. The summed E-state index contributed by atoms with van der Waals surface area (Å²) in [5.41, 5.74) is -0.553. The SMILES string of the molecule is CC(C)(C)OC(=O)N1CC(OC(=O)N2CCN(C(=O)O)CC2)C1. The lowest BCUT2D eigenvalue weighted by Crippen LogP contribution is -2.58. The molecular weight excluding hydrogens is 306 g/mol. The Morgan fingerprint density at radius 1 is 0.913 bits per heavy atom. The molecule has 0 aromatic heterocycles. The fraction of sp³-hybridized carbons (Fsp3) is 0.786. The average molecular weight is 329 g/mol. The van der Waals surface area contributed by atoms with Gasteiger partial charge in [0, 0.05) is 26.2 Å². The van der Waals surface area contributed by atoms with Gasteiger partial charge in [-0.2, -0.15) is 0 Å². The van der Waals surface area contributed by atoms with Crippen LogP contribution in [-0.2, 0) is 9.47 Å². The van der Waals surface area contributed by atoms with E-state index in [9.17, 15) is 14.4 Å². The van der Waals surface area contributed by atoms with Gasteiger partial charge < -0.3 is 29.3 Å². The summed E-state index contributed by atoms with van der Waals surface area (Å²) in [6, 6.07) is 0. The Morgan fingerprint density at radius 2 is 1.43 bits per heavy atom. The van der Waals surface area contributed by atoms with Gasteiger partial charge in [-0.15, -0.1) is 0 Å². The van der Waals surface area contributed by atoms with Crippen LogP contribution in [0.3, 0.4) is 0 Å². The molecule has 2 rings (SSSR count). The zero-order valence-electron chi connectivity index (χ0n) is 13.7. The molecule has 2 aliphatic heterocycles. The molecule has 0 aromatic rings. The lowest BCUT2D eigenvalue weighted by atomic mass is 10.2. The van der Waals surface area contributed by atoms with Gasteiger partial charge in [-0.3, -0.25) is 0 Å². The van der Waals surface area contributed by atoms with Gasteiger partial charge in [0.05, 0.1) is 13.1 Å². The van der Waals surface area contributed by atoms with Crippen LogP contribution in [0.1, 0.15) is 20.8 Å². The van der Waals surface area contributed by atoms with E-state index in [2.05, 4.69) is 0 Å². The molecule has 2 heterocycles. The van der Waals surface area contributed by atoms with Crippen molar-refractivity contribution in [1.82, 2.24) is 14.7 Å². The molecule has 2 fully saturated rings. The molecule has 9 heteroatoms. The Morgan fingerprint density at radius 3 is 1.91 bits per heavy atom. The minimum absolute atomic E-state index is 0.277. The second-order valence-corrected chi connectivity index (χ2v) is 6.65. The predicted octanol–water partition coefficient (Wildman–Crippen LogP) is 1.04. The number of rotatable bonds is 1. The molecule has 0 spiro atoms. The Kier molecular flexibility index (Phi) is 4.86. The van der Waals surface area contributed by atoms with Crippen LogP contribution in [0.4, 0.5) is 14.4 Å². The van der Waals surface area contributed by atoms with Gasteiger partial charge in [0.2, 0.25) is 0 Å². The van der Waals surface area contributed by atoms with E-state index in [0.717, 1.165) is 0 Å². The maximum Gasteiger partial charge on any atom is 0.410 e. The summed E-state index contributed by atoms with van der Waals surface area (Å²) >= 11 is 0. The minimum atomic E-state index is -0.981. The number of hydrogen-bond acceptors (Lipinski definition) is 5. The van der Waals surface area contributed by atoms with Gasteiger partial charge in [-0.05, 0) is 20.8 Å². The number of piperazine rings is 1. The summed E-state index contributed by atoms with van der Waals surface area (Å²) in [7, 11) is 0. The van der Waals surface area contributed by atoms with E-state index >= 15 is 0 Å². The van der Waals surface area contributed by atoms with Crippen molar-refractivity contribution in [2.75, 3.05) is 39.3 Å². The molecule has 0 aliphatic carbocycles. The smallest absolute Gasteiger partial charge is 0.410 e. The first-order valence-electron chi connectivity index (χ1n) is 7.57. The highest BCUT2D eigenvalue weighted by atomic mass is 16.6. The Bertz CT molecular complexity index is 475. The van der Waals surface area contributed by atoms with Gasteiger partial charge in [-0.25, -0.2) is 14.4 Å². The summed E-state index contributed by atoms with van der Waals surface area (Å²) in [5, 5.41) is 8.86. The maximum atomic E-state index is 12.0. The van der Waals surface area contributed by atoms with Gasteiger partial charge in [0.1, 0.15) is 11.7 Å². The molecule has 23 heavy (non-hydrogen) atoms. The summed E-state index contributed by atoms with van der Waals surface area (Å²) in [6.07, 6.45) is -2.21. The molecule has 2 saturated heterocycles. The average Bonchev–Trinajstić information content (AvgIpc) is 2.40. The summed E-state index contributed by atoms with van der Waals surface area (Å²) in [4.78, 5) is 38.8. The maximum absolute atomic E-state index is 12.0. The molecule has 3 amide bonds. The molecule has 1 N–H and O–H groups in total. The molecule has 0 bridgehead atoms. The number of hydrogen-bond donors (Lipinski definition) is 1. The lowest BCUT2D eigenvalue weighted by Gasteiger charge is -2.40. The van der Waals surface area contributed by atoms with Crippen molar-refractivity contribution >= 4 is 18.3 Å². The summed E-state index contributed by atoms with van der Waals surface area (Å²) < 4.78 is 10.5. The molecular formula is C14H23N3O6. The van der Waals surface area contributed by atoms with Crippen molar-refractivity contribution in [2.24, 2.45) is 0 Å². The fourth-order valence-electron chi connectivity index (χ4n) is 2.29. The van der Waals surface area contributed by atoms with E-state index in [4.69, 9.17) is 14.6 Å². The van der Waals surface area contributed by atoms with Crippen molar-refractivity contribution in [3.8, 4) is 0 Å². The van der Waals surface area contributed by atoms with Crippen molar-refractivity contribution in [2.45, 2.75) is 32.5 Å². The Balaban J connectivity index is 1.69. The number of carbonyl (C=O) groups is 3. The van der Waals surface area contributed by atoms with Crippen LogP contribution >= 0.6 is 0 Å². The highest BCUT2D eigenvalue weighted by Crippen LogP contribution is 2.18. The van der Waals surface area contributed by atoms with Crippen LogP contribution in [0.5, 0.6) is 0 Å². The van der Waals surface area contributed by atoms with Crippen molar-refractivity contribution in [3.63, 3.8) is 0 Å². The molecule has 130 valence electrons. The molecule has 0 atom stereocenters. The van der Waals surface area contributed by atoms with E-state index in [-0.39, 0.29) is 19.2 Å². The number of nitrogens with zero attached hydrogens (tertiary/aromatic N) is 3. The first kappa shape index (κ1) is 17.2. The molecule has 0 unspecified atom stereocenters. The minimum Gasteiger partial charge on any atom is -0.465 e. The van der Waals surface area contributed by atoms with E-state index in [1.165, 1.54) is 14.7 Å². The van der Waals surface area contributed by atoms with Crippen LogP contribution in [0.25, 0.3) is 0 Å². The van der Waals surface area contributed by atoms with Crippen molar-refractivity contribution < 1.29 is 29.0 Å². The number of ether oxygens (including phenoxy) is 2. The second-order valence-electron chi connectivity index (χ2n) is 6.65. The zero-order valence-corrected chi connectivity index (χ0v) is 13.7. The Hall–Kier alpha value is -2.19. The second kappa shape index (κ2) is 6.51. The van der Waals surface area contributed by atoms with Crippen LogP contribution in [0.15, 0.2) is 0 Å². The topological polar surface area (TPSA) is 99.6 Å². The fourth-order valence-corrected chi connectivity index (χ4v) is 2.29. The van der Waals surface area contributed by atoms with Crippen LogP contribution in [-0.4, -0.2) is 89.1 Å². The lowest BCUT2D eigenvalue weighted by molar-refractivity contribution is -0.0454. The third kappa shape index (κ3) is 4.64. The van der Waals surface area contributed by atoms with Gasteiger partial charge in [0.25, 0.3) is 0 Å². The summed E-state index contributed by atoms with van der Waals surface area (Å²) in [5.74, 6) is 0. The summed E-state index contributed by atoms with van der Waals surface area (Å²) in [6.45, 7) is 7.18. The highest BCUT2D eigenvalue weighted by molar-refractivity contribution is 5.71. The van der Waals surface area contributed by atoms with Gasteiger partial charge in [0.15, 0.2) is 0 Å². The molecule has 2 aliphatic rings. The number of likely N-dealkylation sites (tertiary alicyclic amines) is 1. The number of carbonyl (C=O) groups excluding carboxylic acids is 2. The van der Waals surface area contributed by atoms with Crippen molar-refractivity contribution in [3.05, 3.63) is 0 Å². The monoisotopic (exact) mass is 329 g/mol. The quantitative estimate of drug-likeness (QED) is 0.771. The van der Waals surface area contributed by atoms with E-state index < -0.39 is 23.9 Å². The molecule has 0 radical (unpaired) electrons. The normalized spacial score (nSPS) is 19.2.